The maximum atomic E-state index is 14.4. The maximum absolute atomic E-state index is 14.4. The Morgan fingerprint density at radius 2 is 2.04 bits per heavy atom. The van der Waals surface area contributed by atoms with E-state index in [-0.39, 0.29) is 31.7 Å². The molecule has 2 atom stereocenters. The van der Waals surface area contributed by atoms with Crippen molar-refractivity contribution in [3.63, 3.8) is 0 Å². The first-order chi connectivity index (χ1) is 22.1. The van der Waals surface area contributed by atoms with E-state index in [0.717, 1.165) is 34.3 Å². The molecule has 46 heavy (non-hydrogen) atoms. The average Bonchev–Trinajstić information content (AvgIpc) is 3.78. The van der Waals surface area contributed by atoms with Gasteiger partial charge >= 0.3 is 6.01 Å². The number of carbonyl (C=O) groups is 1. The van der Waals surface area contributed by atoms with Gasteiger partial charge in [-0.3, -0.25) is 14.7 Å². The fourth-order valence-electron chi connectivity index (χ4n) is 6.51. The molecule has 1 saturated heterocycles. The van der Waals surface area contributed by atoms with Crippen molar-refractivity contribution >= 4 is 28.2 Å². The van der Waals surface area contributed by atoms with Crippen molar-refractivity contribution in [2.45, 2.75) is 57.4 Å². The molecule has 0 radical (unpaired) electrons. The Hall–Kier alpha value is -4.37. The SMILES string of the molecule is [C-]#[N+]C[C@H]1CN(c2nc(OC[C@H](C)N(C)CC3(F)CC3)nc3c2CCN(c2cncc4cccc(C)c24)C3)CCN1C(=O)C(=C)F. The minimum Gasteiger partial charge on any atom is -0.462 e. The quantitative estimate of drug-likeness (QED) is 0.239. The van der Waals surface area contributed by atoms with Crippen LogP contribution in [0.4, 0.5) is 20.3 Å². The predicted octanol–water partition coefficient (Wildman–Crippen LogP) is 4.52. The summed E-state index contributed by atoms with van der Waals surface area (Å²) in [5.74, 6) is -1.11. The van der Waals surface area contributed by atoms with E-state index in [1.165, 1.54) is 10.5 Å². The van der Waals surface area contributed by atoms with Gasteiger partial charge in [-0.2, -0.15) is 9.97 Å². The van der Waals surface area contributed by atoms with Gasteiger partial charge in [-0.05, 0) is 45.7 Å². The largest absolute Gasteiger partial charge is 0.462 e. The summed E-state index contributed by atoms with van der Waals surface area (Å²) in [4.78, 5) is 38.1. The van der Waals surface area contributed by atoms with E-state index in [9.17, 15) is 13.6 Å². The number of rotatable bonds is 10. The molecule has 1 aromatic carbocycles. The van der Waals surface area contributed by atoms with E-state index in [2.05, 4.69) is 45.3 Å². The van der Waals surface area contributed by atoms with Gasteiger partial charge in [0.05, 0.1) is 24.1 Å². The Balaban J connectivity index is 1.31. The molecule has 242 valence electrons. The Morgan fingerprint density at radius 1 is 1.24 bits per heavy atom. The number of aryl methyl sites for hydroxylation is 1. The Kier molecular flexibility index (Phi) is 8.79. The second-order valence-corrected chi connectivity index (χ2v) is 12.8. The number of aromatic nitrogens is 3. The van der Waals surface area contributed by atoms with E-state index in [0.29, 0.717) is 51.3 Å². The van der Waals surface area contributed by atoms with Crippen molar-refractivity contribution in [2.75, 3.05) is 62.7 Å². The fraction of sp³-hybridized carbons (Fsp3) is 0.500. The second kappa shape index (κ2) is 12.8. The number of likely N-dealkylation sites (N-methyl/N-ethyl adjacent to an activating group) is 1. The number of halogens is 2. The van der Waals surface area contributed by atoms with Crippen molar-refractivity contribution < 1.29 is 18.3 Å². The summed E-state index contributed by atoms with van der Waals surface area (Å²) in [6.07, 6.45) is 5.64. The van der Waals surface area contributed by atoms with Crippen LogP contribution in [0.15, 0.2) is 43.0 Å². The van der Waals surface area contributed by atoms with Gasteiger partial charge in [0.15, 0.2) is 5.83 Å². The van der Waals surface area contributed by atoms with Crippen LogP contribution in [0.1, 0.15) is 36.6 Å². The number of piperazine rings is 1. The predicted molar refractivity (Wildman–Crippen MR) is 173 cm³/mol. The third-order valence-corrected chi connectivity index (χ3v) is 9.44. The molecule has 3 aromatic rings. The molecule has 0 bridgehead atoms. The number of fused-ring (bicyclic) bond motifs is 2. The van der Waals surface area contributed by atoms with Gasteiger partial charge in [0.25, 0.3) is 5.91 Å². The van der Waals surface area contributed by atoms with Gasteiger partial charge in [0, 0.05) is 61.3 Å². The molecule has 6 rings (SSSR count). The molecule has 12 heteroatoms. The summed E-state index contributed by atoms with van der Waals surface area (Å²) in [5.41, 5.74) is 2.92. The lowest BCUT2D eigenvalue weighted by atomic mass is 10.0. The smallest absolute Gasteiger partial charge is 0.318 e. The third-order valence-electron chi connectivity index (χ3n) is 9.44. The molecule has 2 fully saturated rings. The number of amides is 1. The van der Waals surface area contributed by atoms with Crippen LogP contribution >= 0.6 is 0 Å². The molecule has 2 aliphatic heterocycles. The van der Waals surface area contributed by atoms with Crippen LogP contribution in [-0.4, -0.2) is 101 Å². The second-order valence-electron chi connectivity index (χ2n) is 12.8. The number of ether oxygens (including phenoxy) is 1. The summed E-state index contributed by atoms with van der Waals surface area (Å²) in [6, 6.07) is 5.84. The van der Waals surface area contributed by atoms with Gasteiger partial charge in [-0.25, -0.2) is 15.4 Å². The number of hydrogen-bond donors (Lipinski definition) is 0. The van der Waals surface area contributed by atoms with Crippen LogP contribution in [0, 0.1) is 13.5 Å². The van der Waals surface area contributed by atoms with Gasteiger partial charge in [-0.1, -0.05) is 24.8 Å². The number of alkyl halides is 1. The zero-order valence-electron chi connectivity index (χ0n) is 26.7. The van der Waals surface area contributed by atoms with E-state index in [1.807, 2.05) is 37.3 Å². The first-order valence-corrected chi connectivity index (χ1v) is 15.8. The van der Waals surface area contributed by atoms with Crippen LogP contribution in [0.5, 0.6) is 6.01 Å². The molecular formula is C34H40F2N8O2. The van der Waals surface area contributed by atoms with Gasteiger partial charge < -0.3 is 24.3 Å². The first kappa shape index (κ1) is 31.6. The molecule has 1 amide bonds. The molecule has 2 aromatic heterocycles. The van der Waals surface area contributed by atoms with E-state index < -0.39 is 23.4 Å². The highest BCUT2D eigenvalue weighted by atomic mass is 19.1. The molecule has 0 N–H and O–H groups in total. The molecule has 1 aliphatic carbocycles. The number of pyridine rings is 1. The maximum Gasteiger partial charge on any atom is 0.318 e. The lowest BCUT2D eigenvalue weighted by Crippen LogP contribution is -2.57. The minimum atomic E-state index is -1.10. The highest BCUT2D eigenvalue weighted by Gasteiger charge is 2.44. The Labute approximate surface area is 268 Å². The van der Waals surface area contributed by atoms with Gasteiger partial charge in [0.1, 0.15) is 24.1 Å². The zero-order valence-corrected chi connectivity index (χ0v) is 26.7. The van der Waals surface area contributed by atoms with Crippen LogP contribution in [0.2, 0.25) is 0 Å². The summed E-state index contributed by atoms with van der Waals surface area (Å²) < 4.78 is 34.5. The third kappa shape index (κ3) is 6.47. The lowest BCUT2D eigenvalue weighted by molar-refractivity contribution is -0.131. The molecule has 0 spiro atoms. The number of benzene rings is 1. The number of anilines is 2. The molecular weight excluding hydrogens is 590 g/mol. The van der Waals surface area contributed by atoms with E-state index >= 15 is 0 Å². The zero-order chi connectivity index (χ0) is 32.6. The Bertz CT molecular complexity index is 1680. The normalized spacial score (nSPS) is 19.5. The summed E-state index contributed by atoms with van der Waals surface area (Å²) in [7, 11) is 1.90. The number of nitrogens with zero attached hydrogens (tertiary/aromatic N) is 8. The number of carbonyl (C=O) groups excluding carboxylic acids is 1. The first-order valence-electron chi connectivity index (χ1n) is 15.8. The van der Waals surface area contributed by atoms with E-state index in [4.69, 9.17) is 21.3 Å². The van der Waals surface area contributed by atoms with Crippen LogP contribution in [0.25, 0.3) is 15.6 Å². The fourth-order valence-corrected chi connectivity index (χ4v) is 6.51. The lowest BCUT2D eigenvalue weighted by Gasteiger charge is -2.41. The van der Waals surface area contributed by atoms with Crippen molar-refractivity contribution in [1.29, 1.82) is 0 Å². The Morgan fingerprint density at radius 3 is 2.78 bits per heavy atom. The standard InChI is InChI=1S/C34H40F2N8O2/c1-22-7-6-8-25-15-38-17-29(30(22)25)42-12-9-27-28(19-42)39-33(46-20-23(2)41(5)21-34(36)10-11-34)40-31(27)43-13-14-44(32(45)24(3)35)26(18-43)16-37-4/h6-8,15,17,23,26H,3,9-14,16,18-21H2,1-2,5H3/t23-,26-/m0/s1. The summed E-state index contributed by atoms with van der Waals surface area (Å²) in [5, 5.41) is 2.23. The van der Waals surface area contributed by atoms with Crippen molar-refractivity contribution in [3.8, 4) is 6.01 Å². The highest BCUT2D eigenvalue weighted by Crippen LogP contribution is 2.40. The average molecular weight is 631 g/mol. The minimum absolute atomic E-state index is 0.0350. The van der Waals surface area contributed by atoms with Crippen molar-refractivity contribution in [3.05, 3.63) is 71.2 Å². The molecule has 1 saturated carbocycles. The van der Waals surface area contributed by atoms with Crippen LogP contribution < -0.4 is 14.5 Å². The summed E-state index contributed by atoms with van der Waals surface area (Å²) >= 11 is 0. The van der Waals surface area contributed by atoms with E-state index in [1.54, 1.807) is 0 Å². The van der Waals surface area contributed by atoms with Crippen LogP contribution in [-0.2, 0) is 17.8 Å². The topological polar surface area (TPSA) is 82.3 Å². The van der Waals surface area contributed by atoms with Crippen molar-refractivity contribution in [1.82, 2.24) is 24.8 Å². The number of hydrogen-bond acceptors (Lipinski definition) is 8. The molecule has 3 aliphatic rings. The van der Waals surface area contributed by atoms with Crippen LogP contribution in [0.3, 0.4) is 0 Å². The summed E-state index contributed by atoms with van der Waals surface area (Å²) in [6.45, 7) is 17.6. The van der Waals surface area contributed by atoms with Gasteiger partial charge in [0.2, 0.25) is 6.54 Å². The molecule has 10 nitrogen and oxygen atoms in total. The molecule has 0 unspecified atom stereocenters. The monoisotopic (exact) mass is 630 g/mol. The van der Waals surface area contributed by atoms with Gasteiger partial charge in [-0.15, -0.1) is 0 Å². The molecule has 4 heterocycles. The highest BCUT2D eigenvalue weighted by molar-refractivity contribution is 5.96. The van der Waals surface area contributed by atoms with Crippen molar-refractivity contribution in [2.24, 2.45) is 0 Å².